The Kier molecular flexibility index (Phi) is 40.7. The van der Waals surface area contributed by atoms with E-state index in [4.69, 9.17) is 4.74 Å². The van der Waals surface area contributed by atoms with Gasteiger partial charge in [0.1, 0.15) is 6.10 Å². The van der Waals surface area contributed by atoms with Gasteiger partial charge in [0.15, 0.2) is 0 Å². The summed E-state index contributed by atoms with van der Waals surface area (Å²) in [6.45, 7) is 6.45. The minimum Gasteiger partial charge on any atom is -0.462 e. The number of nitrogens with one attached hydrogen (secondary N) is 1. The van der Waals surface area contributed by atoms with Crippen LogP contribution >= 0.6 is 0 Å². The molecule has 1 amide bonds. The maximum absolute atomic E-state index is 13.1. The normalized spacial score (nSPS) is 13.4. The third kappa shape index (κ3) is 37.3. The van der Waals surface area contributed by atoms with Gasteiger partial charge >= 0.3 is 5.97 Å². The molecule has 0 aliphatic rings. The van der Waals surface area contributed by atoms with Gasteiger partial charge in [0.05, 0.1) is 25.2 Å². The van der Waals surface area contributed by atoms with Crippen LogP contribution in [0.4, 0.5) is 0 Å². The SMILES string of the molecule is CCCCCCCC/C=C/CCCCCCCC(CC(=O)NC(CO)C(O)CCCCCCCCCCC)OC(=O)CCCCCCCCCCCC. The van der Waals surface area contributed by atoms with Gasteiger partial charge in [-0.2, -0.15) is 0 Å². The van der Waals surface area contributed by atoms with Crippen LogP contribution in [0.5, 0.6) is 0 Å². The molecule has 3 unspecified atom stereocenters. The predicted molar refractivity (Wildman–Crippen MR) is 227 cm³/mol. The Morgan fingerprint density at radius 2 is 0.906 bits per heavy atom. The fraction of sp³-hybridized carbons (Fsp3) is 0.915. The number of amides is 1. The molecule has 0 bridgehead atoms. The molecule has 0 saturated carbocycles. The van der Waals surface area contributed by atoms with Crippen LogP contribution in [0.3, 0.4) is 0 Å². The number of rotatable bonds is 42. The highest BCUT2D eigenvalue weighted by molar-refractivity contribution is 5.77. The Morgan fingerprint density at radius 1 is 0.528 bits per heavy atom. The van der Waals surface area contributed by atoms with Crippen LogP contribution in [0.25, 0.3) is 0 Å². The summed E-state index contributed by atoms with van der Waals surface area (Å²) in [4.78, 5) is 25.9. The Balaban J connectivity index is 4.58. The molecule has 0 saturated heterocycles. The zero-order valence-corrected chi connectivity index (χ0v) is 35.7. The molecule has 0 aliphatic heterocycles. The van der Waals surface area contributed by atoms with Crippen LogP contribution in [0, 0.1) is 0 Å². The second-order valence-corrected chi connectivity index (χ2v) is 16.2. The molecule has 6 heteroatoms. The van der Waals surface area contributed by atoms with Crippen LogP contribution in [-0.2, 0) is 14.3 Å². The summed E-state index contributed by atoms with van der Waals surface area (Å²) < 4.78 is 5.90. The number of allylic oxidation sites excluding steroid dienone is 2. The van der Waals surface area contributed by atoms with Crippen molar-refractivity contribution in [2.75, 3.05) is 6.61 Å². The molecule has 314 valence electrons. The van der Waals surface area contributed by atoms with Gasteiger partial charge in [0.2, 0.25) is 5.91 Å². The van der Waals surface area contributed by atoms with Gasteiger partial charge in [0.25, 0.3) is 0 Å². The summed E-state index contributed by atoms with van der Waals surface area (Å²) in [7, 11) is 0. The van der Waals surface area contributed by atoms with Crippen LogP contribution in [0.2, 0.25) is 0 Å². The van der Waals surface area contributed by atoms with E-state index >= 15 is 0 Å². The second-order valence-electron chi connectivity index (χ2n) is 16.2. The monoisotopic (exact) mass is 750 g/mol. The summed E-state index contributed by atoms with van der Waals surface area (Å²) in [6, 6.07) is -0.695. The first-order valence-electron chi connectivity index (χ1n) is 23.4. The van der Waals surface area contributed by atoms with E-state index < -0.39 is 18.2 Å². The number of carbonyl (C=O) groups excluding carboxylic acids is 2. The van der Waals surface area contributed by atoms with E-state index in [2.05, 4.69) is 38.2 Å². The molecule has 6 nitrogen and oxygen atoms in total. The van der Waals surface area contributed by atoms with Gasteiger partial charge in [0, 0.05) is 6.42 Å². The highest BCUT2D eigenvalue weighted by Crippen LogP contribution is 2.18. The number of hydrogen-bond acceptors (Lipinski definition) is 5. The lowest BCUT2D eigenvalue weighted by molar-refractivity contribution is -0.151. The molecule has 0 heterocycles. The van der Waals surface area contributed by atoms with Gasteiger partial charge in [-0.05, 0) is 51.4 Å². The van der Waals surface area contributed by atoms with Crippen LogP contribution in [0.15, 0.2) is 12.2 Å². The summed E-state index contributed by atoms with van der Waals surface area (Å²) in [6.07, 6.45) is 44.1. The van der Waals surface area contributed by atoms with Gasteiger partial charge in [-0.15, -0.1) is 0 Å². The molecular weight excluding hydrogens is 659 g/mol. The maximum Gasteiger partial charge on any atom is 0.306 e. The highest BCUT2D eigenvalue weighted by atomic mass is 16.5. The predicted octanol–water partition coefficient (Wildman–Crippen LogP) is 13.4. The maximum atomic E-state index is 13.1. The first kappa shape index (κ1) is 51.6. The van der Waals surface area contributed by atoms with E-state index in [1.165, 1.54) is 141 Å². The summed E-state index contributed by atoms with van der Waals surface area (Å²) >= 11 is 0. The quantitative estimate of drug-likeness (QED) is 0.0328. The summed E-state index contributed by atoms with van der Waals surface area (Å²) in [5.41, 5.74) is 0. The molecule has 0 radical (unpaired) electrons. The Hall–Kier alpha value is -1.40. The lowest BCUT2D eigenvalue weighted by Crippen LogP contribution is -2.46. The lowest BCUT2D eigenvalue weighted by Gasteiger charge is -2.24. The molecule has 0 aromatic heterocycles. The average Bonchev–Trinajstić information content (AvgIpc) is 3.15. The van der Waals surface area contributed by atoms with Gasteiger partial charge in [-0.25, -0.2) is 0 Å². The summed E-state index contributed by atoms with van der Waals surface area (Å²) in [5.74, 6) is -0.473. The van der Waals surface area contributed by atoms with E-state index in [0.29, 0.717) is 19.3 Å². The molecular formula is C47H91NO5. The molecule has 0 aromatic carbocycles. The average molecular weight is 750 g/mol. The number of unbranched alkanes of at least 4 members (excludes halogenated alkanes) is 28. The topological polar surface area (TPSA) is 95.9 Å². The molecule has 0 aromatic rings. The van der Waals surface area contributed by atoms with E-state index in [-0.39, 0.29) is 24.9 Å². The fourth-order valence-electron chi connectivity index (χ4n) is 7.25. The van der Waals surface area contributed by atoms with E-state index in [1.807, 2.05) is 0 Å². The Morgan fingerprint density at radius 3 is 1.34 bits per heavy atom. The molecule has 0 aliphatic carbocycles. The minimum absolute atomic E-state index is 0.0778. The molecule has 0 fully saturated rings. The Bertz CT molecular complexity index is 802. The van der Waals surface area contributed by atoms with E-state index in [9.17, 15) is 19.8 Å². The fourth-order valence-corrected chi connectivity index (χ4v) is 7.25. The van der Waals surface area contributed by atoms with Crippen molar-refractivity contribution in [2.45, 2.75) is 270 Å². The van der Waals surface area contributed by atoms with Crippen molar-refractivity contribution in [1.82, 2.24) is 5.32 Å². The molecule has 0 spiro atoms. The smallest absolute Gasteiger partial charge is 0.306 e. The van der Waals surface area contributed by atoms with Gasteiger partial charge < -0.3 is 20.3 Å². The zero-order valence-electron chi connectivity index (χ0n) is 35.7. The van der Waals surface area contributed by atoms with Crippen LogP contribution in [0.1, 0.15) is 252 Å². The third-order valence-electron chi connectivity index (χ3n) is 10.8. The molecule has 3 atom stereocenters. The zero-order chi connectivity index (χ0) is 38.9. The van der Waals surface area contributed by atoms with Crippen molar-refractivity contribution < 1.29 is 24.5 Å². The molecule has 3 N–H and O–H groups in total. The number of aliphatic hydroxyl groups is 2. The van der Waals surface area contributed by atoms with Crippen molar-refractivity contribution in [2.24, 2.45) is 0 Å². The van der Waals surface area contributed by atoms with Crippen molar-refractivity contribution in [3.05, 3.63) is 12.2 Å². The standard InChI is InChI=1S/C47H91NO5/c1-4-7-10-13-16-19-21-22-23-24-25-27-29-32-35-38-43(53-47(52)40-37-34-31-28-20-17-14-11-8-5-2)41-46(51)48-44(42-49)45(50)39-36-33-30-26-18-15-12-9-6-3/h22-23,43-45,49-50H,4-21,24-42H2,1-3H3,(H,48,51)/b23-22+. The number of ether oxygens (including phenoxy) is 1. The van der Waals surface area contributed by atoms with Crippen molar-refractivity contribution in [1.29, 1.82) is 0 Å². The largest absolute Gasteiger partial charge is 0.462 e. The minimum atomic E-state index is -0.781. The first-order valence-corrected chi connectivity index (χ1v) is 23.4. The van der Waals surface area contributed by atoms with Crippen molar-refractivity contribution in [3.8, 4) is 0 Å². The van der Waals surface area contributed by atoms with E-state index in [1.54, 1.807) is 0 Å². The summed E-state index contributed by atoms with van der Waals surface area (Å²) in [5, 5.41) is 23.6. The van der Waals surface area contributed by atoms with Crippen LogP contribution < -0.4 is 5.32 Å². The third-order valence-corrected chi connectivity index (χ3v) is 10.8. The van der Waals surface area contributed by atoms with Crippen LogP contribution in [-0.4, -0.2) is 46.9 Å². The lowest BCUT2D eigenvalue weighted by atomic mass is 10.0. The number of aliphatic hydroxyl groups excluding tert-OH is 2. The number of carbonyl (C=O) groups is 2. The first-order chi connectivity index (χ1) is 26.0. The number of esters is 1. The van der Waals surface area contributed by atoms with Crippen molar-refractivity contribution >= 4 is 11.9 Å². The highest BCUT2D eigenvalue weighted by Gasteiger charge is 2.24. The Labute approximate surface area is 329 Å². The van der Waals surface area contributed by atoms with Gasteiger partial charge in [-0.1, -0.05) is 200 Å². The second kappa shape index (κ2) is 41.8. The van der Waals surface area contributed by atoms with Gasteiger partial charge in [-0.3, -0.25) is 9.59 Å². The number of hydrogen-bond donors (Lipinski definition) is 3. The molecule has 53 heavy (non-hydrogen) atoms. The van der Waals surface area contributed by atoms with Crippen molar-refractivity contribution in [3.63, 3.8) is 0 Å². The van der Waals surface area contributed by atoms with E-state index in [0.717, 1.165) is 64.2 Å². The molecule has 0 rings (SSSR count).